The normalized spacial score (nSPS) is 11.9. The third-order valence-corrected chi connectivity index (χ3v) is 2.94. The number of benzene rings is 1. The monoisotopic (exact) mass is 311 g/mol. The molecule has 0 aromatic heterocycles. The van der Waals surface area contributed by atoms with Gasteiger partial charge in [0.25, 0.3) is 5.69 Å². The van der Waals surface area contributed by atoms with E-state index in [1.165, 1.54) is 0 Å². The summed E-state index contributed by atoms with van der Waals surface area (Å²) >= 11 is 0. The predicted molar refractivity (Wildman–Crippen MR) is 59.9 cm³/mol. The van der Waals surface area contributed by atoms with Crippen molar-refractivity contribution in [3.63, 3.8) is 0 Å². The molecule has 0 radical (unpaired) electrons. The highest BCUT2D eigenvalue weighted by molar-refractivity contribution is 7.86. The van der Waals surface area contributed by atoms with Crippen molar-refractivity contribution in [2.45, 2.75) is 5.25 Å². The van der Waals surface area contributed by atoms with Crippen LogP contribution in [0.2, 0.25) is 0 Å². The fourth-order valence-electron chi connectivity index (χ4n) is 1.03. The first-order valence-electron chi connectivity index (χ1n) is 4.81. The quantitative estimate of drug-likeness (QED) is 0.375. The van der Waals surface area contributed by atoms with Crippen molar-refractivity contribution in [3.05, 3.63) is 39.9 Å². The molecule has 0 atom stereocenters. The molecule has 1 N–H and O–H groups in total. The Balaban J connectivity index is 2.75. The first-order chi connectivity index (χ1) is 9.04. The van der Waals surface area contributed by atoms with Crippen LogP contribution in [0.5, 0.6) is 0 Å². The standard InChI is InChI=1S/C9H7F2NO7S/c10-9(11,20(16,17)18)5-19-8(13)6-1-3-7(4-2-6)12(14)15/h1-4H,5H2,(H,16,17,18). The second-order valence-corrected chi connectivity index (χ2v) is 5.04. The minimum absolute atomic E-state index is 0.290. The van der Waals surface area contributed by atoms with Crippen LogP contribution in [0.15, 0.2) is 24.3 Å². The lowest BCUT2D eigenvalue weighted by molar-refractivity contribution is -0.384. The topological polar surface area (TPSA) is 124 Å². The maximum atomic E-state index is 12.8. The van der Waals surface area contributed by atoms with E-state index >= 15 is 0 Å². The van der Waals surface area contributed by atoms with E-state index in [-0.39, 0.29) is 11.3 Å². The van der Waals surface area contributed by atoms with Gasteiger partial charge < -0.3 is 4.74 Å². The van der Waals surface area contributed by atoms with Gasteiger partial charge in [0, 0.05) is 12.1 Å². The van der Waals surface area contributed by atoms with Gasteiger partial charge in [-0.3, -0.25) is 14.7 Å². The number of hydrogen-bond acceptors (Lipinski definition) is 6. The largest absolute Gasteiger partial charge is 0.454 e. The summed E-state index contributed by atoms with van der Waals surface area (Å²) in [5.41, 5.74) is -0.619. The molecule has 11 heteroatoms. The van der Waals surface area contributed by atoms with Crippen molar-refractivity contribution in [2.24, 2.45) is 0 Å². The zero-order chi connectivity index (χ0) is 15.6. The number of carbonyl (C=O) groups is 1. The second kappa shape index (κ2) is 5.46. The Morgan fingerprint density at radius 2 is 1.85 bits per heavy atom. The smallest absolute Gasteiger partial charge is 0.402 e. The first-order valence-corrected chi connectivity index (χ1v) is 6.25. The number of nitro benzene ring substituents is 1. The van der Waals surface area contributed by atoms with Gasteiger partial charge in [-0.05, 0) is 12.1 Å². The molecule has 1 aromatic carbocycles. The van der Waals surface area contributed by atoms with Crippen LogP contribution in [0.1, 0.15) is 10.4 Å². The molecule has 1 rings (SSSR count). The number of alkyl halides is 2. The van der Waals surface area contributed by atoms with Gasteiger partial charge in [-0.25, -0.2) is 4.79 Å². The van der Waals surface area contributed by atoms with Crippen LogP contribution in [0.3, 0.4) is 0 Å². The van der Waals surface area contributed by atoms with Crippen molar-refractivity contribution >= 4 is 21.8 Å². The molecule has 110 valence electrons. The van der Waals surface area contributed by atoms with Gasteiger partial charge in [0.1, 0.15) is 0 Å². The van der Waals surface area contributed by atoms with E-state index < -0.39 is 32.9 Å². The Morgan fingerprint density at radius 1 is 1.35 bits per heavy atom. The summed E-state index contributed by atoms with van der Waals surface area (Å²) in [6.07, 6.45) is 0. The van der Waals surface area contributed by atoms with Crippen molar-refractivity contribution in [3.8, 4) is 0 Å². The molecule has 0 saturated heterocycles. The maximum Gasteiger partial charge on any atom is 0.402 e. The van der Waals surface area contributed by atoms with Crippen LogP contribution in [-0.4, -0.2) is 35.7 Å². The summed E-state index contributed by atoms with van der Waals surface area (Å²) in [5.74, 6) is -1.32. The molecule has 0 fully saturated rings. The number of carbonyl (C=O) groups excluding carboxylic acids is 1. The molecule has 0 saturated carbocycles. The summed E-state index contributed by atoms with van der Waals surface area (Å²) in [6.45, 7) is -1.87. The van der Waals surface area contributed by atoms with Crippen molar-refractivity contribution in [1.82, 2.24) is 0 Å². The second-order valence-electron chi connectivity index (χ2n) is 3.49. The van der Waals surface area contributed by atoms with E-state index in [1.54, 1.807) is 0 Å². The van der Waals surface area contributed by atoms with Gasteiger partial charge >= 0.3 is 21.3 Å². The third-order valence-electron chi connectivity index (χ3n) is 2.06. The highest BCUT2D eigenvalue weighted by Gasteiger charge is 2.45. The average Bonchev–Trinajstić information content (AvgIpc) is 2.34. The van der Waals surface area contributed by atoms with E-state index in [9.17, 15) is 32.1 Å². The van der Waals surface area contributed by atoms with Crippen molar-refractivity contribution in [2.75, 3.05) is 6.61 Å². The fraction of sp³-hybridized carbons (Fsp3) is 0.222. The van der Waals surface area contributed by atoms with E-state index in [0.717, 1.165) is 24.3 Å². The van der Waals surface area contributed by atoms with E-state index in [2.05, 4.69) is 4.74 Å². The zero-order valence-corrected chi connectivity index (χ0v) is 10.3. The molecule has 0 aliphatic carbocycles. The predicted octanol–water partition coefficient (Wildman–Crippen LogP) is 1.23. The van der Waals surface area contributed by atoms with Crippen molar-refractivity contribution < 1.29 is 36.2 Å². The van der Waals surface area contributed by atoms with E-state index in [1.807, 2.05) is 0 Å². The summed E-state index contributed by atoms with van der Waals surface area (Å²) in [5, 5.41) is 5.71. The van der Waals surface area contributed by atoms with Crippen LogP contribution in [0.4, 0.5) is 14.5 Å². The molecular weight excluding hydrogens is 304 g/mol. The molecule has 0 bridgehead atoms. The molecule has 20 heavy (non-hydrogen) atoms. The molecular formula is C9H7F2NO7S. The number of rotatable bonds is 5. The van der Waals surface area contributed by atoms with Gasteiger partial charge in [-0.1, -0.05) is 0 Å². The number of nitro groups is 1. The number of non-ortho nitro benzene ring substituents is 1. The van der Waals surface area contributed by atoms with Gasteiger partial charge in [0.2, 0.25) is 0 Å². The Morgan fingerprint density at radius 3 is 2.25 bits per heavy atom. The van der Waals surface area contributed by atoms with Gasteiger partial charge in [0.15, 0.2) is 6.61 Å². The van der Waals surface area contributed by atoms with Gasteiger partial charge in [0.05, 0.1) is 10.5 Å². The number of ether oxygens (including phenoxy) is 1. The molecule has 0 heterocycles. The van der Waals surface area contributed by atoms with Crippen LogP contribution in [0.25, 0.3) is 0 Å². The maximum absolute atomic E-state index is 12.8. The Bertz CT molecular complexity index is 626. The van der Waals surface area contributed by atoms with Crippen LogP contribution < -0.4 is 0 Å². The summed E-state index contributed by atoms with van der Waals surface area (Å²) < 4.78 is 58.3. The van der Waals surface area contributed by atoms with Gasteiger partial charge in [-0.15, -0.1) is 0 Å². The Hall–Kier alpha value is -2.14. The van der Waals surface area contributed by atoms with Gasteiger partial charge in [-0.2, -0.15) is 17.2 Å². The number of hydrogen-bond donors (Lipinski definition) is 1. The molecule has 0 spiro atoms. The molecule has 0 aliphatic rings. The van der Waals surface area contributed by atoms with Crippen LogP contribution >= 0.6 is 0 Å². The minimum Gasteiger partial charge on any atom is -0.454 e. The number of esters is 1. The Labute approximate surface area is 110 Å². The zero-order valence-electron chi connectivity index (χ0n) is 9.52. The fourth-order valence-corrected chi connectivity index (χ4v) is 1.23. The highest BCUT2D eigenvalue weighted by atomic mass is 32.2. The lowest BCUT2D eigenvalue weighted by atomic mass is 10.2. The summed E-state index contributed by atoms with van der Waals surface area (Å²) in [4.78, 5) is 20.9. The van der Waals surface area contributed by atoms with Crippen LogP contribution in [0, 0.1) is 10.1 Å². The number of halogens is 2. The molecule has 0 aliphatic heterocycles. The molecule has 0 amide bonds. The lowest BCUT2D eigenvalue weighted by Gasteiger charge is -2.12. The Kier molecular flexibility index (Phi) is 4.35. The lowest BCUT2D eigenvalue weighted by Crippen LogP contribution is -2.34. The molecule has 1 aromatic rings. The highest BCUT2D eigenvalue weighted by Crippen LogP contribution is 2.21. The third kappa shape index (κ3) is 3.68. The SMILES string of the molecule is O=C(OCC(F)(F)S(=O)(=O)O)c1ccc([N+](=O)[O-])cc1. The van der Waals surface area contributed by atoms with Crippen molar-refractivity contribution in [1.29, 1.82) is 0 Å². The minimum atomic E-state index is -5.70. The molecule has 0 unspecified atom stereocenters. The average molecular weight is 311 g/mol. The van der Waals surface area contributed by atoms with Crippen LogP contribution in [-0.2, 0) is 14.9 Å². The van der Waals surface area contributed by atoms with E-state index in [4.69, 9.17) is 4.55 Å². The number of nitrogens with zero attached hydrogens (tertiary/aromatic N) is 1. The molecule has 8 nitrogen and oxygen atoms in total. The summed E-state index contributed by atoms with van der Waals surface area (Å²) in [6, 6.07) is 3.78. The first kappa shape index (κ1) is 15.9. The van der Waals surface area contributed by atoms with E-state index in [0.29, 0.717) is 0 Å². The summed E-state index contributed by atoms with van der Waals surface area (Å²) in [7, 11) is -5.70.